The molecule has 0 fully saturated rings. The molecule has 9 atom stereocenters. The lowest BCUT2D eigenvalue weighted by atomic mass is 9.96. The Morgan fingerprint density at radius 2 is 1.01 bits per heavy atom. The van der Waals surface area contributed by atoms with Crippen molar-refractivity contribution in [3.8, 4) is 0 Å². The first-order chi connectivity index (χ1) is 31.4. The van der Waals surface area contributed by atoms with Gasteiger partial charge in [0.05, 0.1) is 19.1 Å². The number of aliphatic hydroxyl groups is 1. The Morgan fingerprint density at radius 1 is 0.567 bits per heavy atom. The van der Waals surface area contributed by atoms with Crippen molar-refractivity contribution < 1.29 is 53.4 Å². The molecule has 0 aliphatic heterocycles. The molecule has 1 rings (SSSR count). The standard InChI is InChI=1S/C46H78N10O11/c1-9-28(8)38(56-43(63)33(21-27(6)7)53-42(62)34(23-37(49)58)51-39(59)30(48)19-25(2)3)45(65)55-36(24-57)44(64)50-31(17-13-14-18-47)40(60)52-32(20-26(4)5)41(61)54-35(46(66)67)22-29-15-11-10-12-16-29/h10-12,15-16,25-28,30-36,38,57H,9,13-14,17-24,47-48H2,1-8H3,(H2,49,58)(H,50,64)(H,51,59)(H,52,60)(H,53,62)(H,54,61)(H,55,65)(H,56,63)(H,66,67)/t28-,30-,31-,32-,33-,34-,35-,36-,38-/m0/s1. The van der Waals surface area contributed by atoms with Gasteiger partial charge < -0.3 is 64.6 Å². The minimum absolute atomic E-state index is 0.0125. The molecule has 1 aromatic rings. The number of hydrogen-bond donors (Lipinski definition) is 12. The van der Waals surface area contributed by atoms with Crippen LogP contribution in [0.5, 0.6) is 0 Å². The number of carbonyl (C=O) groups is 9. The summed E-state index contributed by atoms with van der Waals surface area (Å²) in [5.74, 6) is -8.71. The molecule has 0 unspecified atom stereocenters. The lowest BCUT2D eigenvalue weighted by molar-refractivity contribution is -0.142. The Labute approximate surface area is 394 Å². The van der Waals surface area contributed by atoms with Gasteiger partial charge in [-0.3, -0.25) is 38.4 Å². The highest BCUT2D eigenvalue weighted by Crippen LogP contribution is 2.14. The van der Waals surface area contributed by atoms with Crippen molar-refractivity contribution in [3.05, 3.63) is 35.9 Å². The largest absolute Gasteiger partial charge is 0.480 e. The Bertz CT molecular complexity index is 1780. The van der Waals surface area contributed by atoms with Crippen LogP contribution in [0.1, 0.15) is 112 Å². The van der Waals surface area contributed by atoms with Crippen LogP contribution in [0.25, 0.3) is 0 Å². The number of nitrogens with two attached hydrogens (primary N) is 3. The number of carbonyl (C=O) groups excluding carboxylic acids is 8. The number of carboxylic acid groups (broad SMARTS) is 1. The summed E-state index contributed by atoms with van der Waals surface area (Å²) in [5, 5.41) is 38.1. The Hall–Kier alpha value is -5.67. The van der Waals surface area contributed by atoms with Crippen LogP contribution < -0.4 is 54.4 Å². The molecular weight excluding hydrogens is 869 g/mol. The summed E-state index contributed by atoms with van der Waals surface area (Å²) in [7, 11) is 0. The van der Waals surface area contributed by atoms with Gasteiger partial charge in [-0.1, -0.05) is 92.1 Å². The fourth-order valence-corrected chi connectivity index (χ4v) is 7.02. The van der Waals surface area contributed by atoms with Gasteiger partial charge in [-0.05, 0) is 74.3 Å². The van der Waals surface area contributed by atoms with Crippen LogP contribution in [0.4, 0.5) is 0 Å². The zero-order chi connectivity index (χ0) is 51.0. The lowest BCUT2D eigenvalue weighted by Crippen LogP contribution is -2.62. The quantitative estimate of drug-likeness (QED) is 0.0395. The second-order valence-corrected chi connectivity index (χ2v) is 18.4. The number of benzene rings is 1. The van der Waals surface area contributed by atoms with E-state index in [1.807, 2.05) is 27.7 Å². The van der Waals surface area contributed by atoms with Crippen LogP contribution in [0.3, 0.4) is 0 Å². The van der Waals surface area contributed by atoms with Gasteiger partial charge >= 0.3 is 5.97 Å². The molecule has 15 N–H and O–H groups in total. The van der Waals surface area contributed by atoms with Gasteiger partial charge in [0.15, 0.2) is 0 Å². The SMILES string of the molecule is CC[C@H](C)[C@H](NC(=O)[C@H](CC(C)C)NC(=O)[C@H](CC(N)=O)NC(=O)[C@@H](N)CC(C)C)C(=O)N[C@@H](CO)C(=O)N[C@@H](CCCCN)C(=O)N[C@@H](CC(C)C)C(=O)N[C@@H](Cc1ccccc1)C(=O)O. The average molecular weight is 947 g/mol. The topological polar surface area (TPSA) is 356 Å². The summed E-state index contributed by atoms with van der Waals surface area (Å²) >= 11 is 0. The summed E-state index contributed by atoms with van der Waals surface area (Å²) in [5.41, 5.74) is 17.7. The van der Waals surface area contributed by atoms with Gasteiger partial charge in [-0.15, -0.1) is 0 Å². The molecule has 0 aliphatic rings. The van der Waals surface area contributed by atoms with Crippen molar-refractivity contribution in [3.63, 3.8) is 0 Å². The molecule has 0 heterocycles. The third-order valence-electron chi connectivity index (χ3n) is 10.9. The third-order valence-corrected chi connectivity index (χ3v) is 10.9. The molecule has 0 spiro atoms. The molecule has 21 nitrogen and oxygen atoms in total. The molecular formula is C46H78N10O11. The first kappa shape index (κ1) is 59.3. The minimum atomic E-state index is -1.63. The normalized spacial score (nSPS) is 15.4. The number of aliphatic hydroxyl groups excluding tert-OH is 1. The second kappa shape index (κ2) is 30.6. The van der Waals surface area contributed by atoms with E-state index in [1.54, 1.807) is 58.0 Å². The Morgan fingerprint density at radius 3 is 1.49 bits per heavy atom. The molecule has 0 saturated carbocycles. The first-order valence-electron chi connectivity index (χ1n) is 23.2. The zero-order valence-electron chi connectivity index (χ0n) is 40.4. The zero-order valence-corrected chi connectivity index (χ0v) is 40.4. The molecule has 0 aliphatic carbocycles. The van der Waals surface area contributed by atoms with E-state index in [9.17, 15) is 53.4 Å². The van der Waals surface area contributed by atoms with Gasteiger partial charge in [-0.25, -0.2) is 4.79 Å². The van der Waals surface area contributed by atoms with E-state index >= 15 is 0 Å². The maximum absolute atomic E-state index is 13.9. The molecule has 0 bridgehead atoms. The summed E-state index contributed by atoms with van der Waals surface area (Å²) < 4.78 is 0. The summed E-state index contributed by atoms with van der Waals surface area (Å²) in [6.07, 6.45) is 1.12. The maximum Gasteiger partial charge on any atom is 0.326 e. The van der Waals surface area contributed by atoms with E-state index < -0.39 is 121 Å². The van der Waals surface area contributed by atoms with Crippen molar-refractivity contribution in [2.24, 2.45) is 40.9 Å². The maximum atomic E-state index is 13.9. The van der Waals surface area contributed by atoms with Gasteiger partial charge in [0.25, 0.3) is 0 Å². The van der Waals surface area contributed by atoms with E-state index in [2.05, 4.69) is 37.2 Å². The molecule has 1 aromatic carbocycles. The second-order valence-electron chi connectivity index (χ2n) is 18.4. The fourth-order valence-electron chi connectivity index (χ4n) is 7.02. The predicted octanol–water partition coefficient (Wildman–Crippen LogP) is -0.784. The fraction of sp³-hybridized carbons (Fsp3) is 0.674. The Kier molecular flexibility index (Phi) is 27.1. The summed E-state index contributed by atoms with van der Waals surface area (Å²) in [6, 6.07) is -1.74. The van der Waals surface area contributed by atoms with Gasteiger partial charge in [0, 0.05) is 6.42 Å². The molecule has 0 aromatic heterocycles. The van der Waals surface area contributed by atoms with Gasteiger partial charge in [0.2, 0.25) is 47.3 Å². The van der Waals surface area contributed by atoms with E-state index in [4.69, 9.17) is 17.2 Å². The van der Waals surface area contributed by atoms with E-state index in [-0.39, 0.29) is 50.0 Å². The van der Waals surface area contributed by atoms with Gasteiger partial charge in [-0.2, -0.15) is 0 Å². The van der Waals surface area contributed by atoms with Crippen molar-refractivity contribution in [2.45, 2.75) is 162 Å². The minimum Gasteiger partial charge on any atom is -0.480 e. The molecule has 8 amide bonds. The van der Waals surface area contributed by atoms with Crippen molar-refractivity contribution >= 4 is 53.2 Å². The van der Waals surface area contributed by atoms with E-state index in [0.29, 0.717) is 31.2 Å². The number of rotatable bonds is 32. The monoisotopic (exact) mass is 947 g/mol. The number of unbranched alkanes of at least 4 members (excludes halogenated alkanes) is 1. The number of aliphatic carboxylic acids is 1. The molecule has 0 radical (unpaired) electrons. The van der Waals surface area contributed by atoms with Crippen LogP contribution in [-0.2, 0) is 49.6 Å². The van der Waals surface area contributed by atoms with Crippen LogP contribution in [0.2, 0.25) is 0 Å². The van der Waals surface area contributed by atoms with Crippen molar-refractivity contribution in [2.75, 3.05) is 13.2 Å². The molecule has 21 heteroatoms. The molecule has 67 heavy (non-hydrogen) atoms. The van der Waals surface area contributed by atoms with Crippen LogP contribution in [0, 0.1) is 23.7 Å². The average Bonchev–Trinajstić information content (AvgIpc) is 3.24. The van der Waals surface area contributed by atoms with E-state index in [0.717, 1.165) is 0 Å². The number of carboxylic acids is 1. The summed E-state index contributed by atoms with van der Waals surface area (Å²) in [4.78, 5) is 119. The lowest BCUT2D eigenvalue weighted by Gasteiger charge is -2.30. The number of amides is 8. The third kappa shape index (κ3) is 22.6. The highest BCUT2D eigenvalue weighted by atomic mass is 16.4. The van der Waals surface area contributed by atoms with E-state index in [1.165, 1.54) is 0 Å². The smallest absolute Gasteiger partial charge is 0.326 e. The van der Waals surface area contributed by atoms with Crippen molar-refractivity contribution in [1.82, 2.24) is 37.2 Å². The Balaban J connectivity index is 3.32. The number of hydrogen-bond acceptors (Lipinski definition) is 12. The van der Waals surface area contributed by atoms with Crippen molar-refractivity contribution in [1.29, 1.82) is 0 Å². The molecule has 0 saturated heterocycles. The highest BCUT2D eigenvalue weighted by Gasteiger charge is 2.36. The van der Waals surface area contributed by atoms with Crippen LogP contribution >= 0.6 is 0 Å². The van der Waals surface area contributed by atoms with Crippen LogP contribution in [0.15, 0.2) is 30.3 Å². The number of primary amides is 1. The molecule has 378 valence electrons. The van der Waals surface area contributed by atoms with Gasteiger partial charge in [0.1, 0.15) is 42.3 Å². The highest BCUT2D eigenvalue weighted by molar-refractivity contribution is 5.98. The predicted molar refractivity (Wildman–Crippen MR) is 251 cm³/mol. The number of nitrogens with one attached hydrogen (secondary N) is 7. The first-order valence-corrected chi connectivity index (χ1v) is 23.2. The summed E-state index contributed by atoms with van der Waals surface area (Å²) in [6.45, 7) is 13.7. The van der Waals surface area contributed by atoms with Crippen LogP contribution in [-0.4, -0.2) is 125 Å².